The molecule has 2 aromatic rings. The van der Waals surface area contributed by atoms with Crippen LogP contribution in [-0.4, -0.2) is 44.1 Å². The summed E-state index contributed by atoms with van der Waals surface area (Å²) in [6, 6.07) is 13.0. The van der Waals surface area contributed by atoms with Crippen molar-refractivity contribution >= 4 is 23.5 Å². The van der Waals surface area contributed by atoms with Gasteiger partial charge < -0.3 is 15.0 Å². The highest BCUT2D eigenvalue weighted by Crippen LogP contribution is 2.29. The lowest BCUT2D eigenvalue weighted by molar-refractivity contribution is -0.132. The fourth-order valence-electron chi connectivity index (χ4n) is 2.95. The lowest BCUT2D eigenvalue weighted by Crippen LogP contribution is -2.47. The number of nitrogens with one attached hydrogen (secondary N) is 2. The SMILES string of the molecule is COc1ccc([C@@]2(C)NC(=O)N(NC(=O)c3cccc(N(C)C)c3)C2=O)cc1. The van der Waals surface area contributed by atoms with Crippen molar-refractivity contribution in [2.24, 2.45) is 0 Å². The average molecular weight is 382 g/mol. The van der Waals surface area contributed by atoms with Crippen LogP contribution in [0, 0.1) is 0 Å². The Kier molecular flexibility index (Phi) is 4.96. The number of hydrazine groups is 1. The number of nitrogens with zero attached hydrogens (tertiary/aromatic N) is 2. The molecule has 1 heterocycles. The van der Waals surface area contributed by atoms with Gasteiger partial charge in [-0.3, -0.25) is 15.0 Å². The molecule has 0 unspecified atom stereocenters. The van der Waals surface area contributed by atoms with Gasteiger partial charge in [0.05, 0.1) is 7.11 Å². The Balaban J connectivity index is 1.81. The first-order chi connectivity index (χ1) is 13.3. The molecule has 28 heavy (non-hydrogen) atoms. The van der Waals surface area contributed by atoms with E-state index in [2.05, 4.69) is 10.7 Å². The number of hydrogen-bond donors (Lipinski definition) is 2. The summed E-state index contributed by atoms with van der Waals surface area (Å²) in [6.45, 7) is 1.59. The number of hydrogen-bond acceptors (Lipinski definition) is 5. The maximum absolute atomic E-state index is 12.9. The first-order valence-electron chi connectivity index (χ1n) is 8.66. The molecule has 8 nitrogen and oxygen atoms in total. The van der Waals surface area contributed by atoms with Gasteiger partial charge in [-0.2, -0.15) is 5.01 Å². The standard InChI is InChI=1S/C20H22N4O4/c1-20(14-8-10-16(28-4)11-9-14)18(26)24(19(27)21-20)22-17(25)13-6-5-7-15(12-13)23(2)3/h5-12H,1-4H3,(H,21,27)(H,22,25)/t20-/m1/s1. The molecular weight excluding hydrogens is 360 g/mol. The van der Waals surface area contributed by atoms with Gasteiger partial charge in [-0.25, -0.2) is 4.79 Å². The second-order valence-electron chi connectivity index (χ2n) is 6.81. The summed E-state index contributed by atoms with van der Waals surface area (Å²) >= 11 is 0. The van der Waals surface area contributed by atoms with Gasteiger partial charge in [0.25, 0.3) is 11.8 Å². The summed E-state index contributed by atoms with van der Waals surface area (Å²) < 4.78 is 5.12. The molecule has 2 N–H and O–H groups in total. The van der Waals surface area contributed by atoms with Gasteiger partial charge in [-0.15, -0.1) is 0 Å². The maximum Gasteiger partial charge on any atom is 0.344 e. The van der Waals surface area contributed by atoms with E-state index in [9.17, 15) is 14.4 Å². The van der Waals surface area contributed by atoms with Crippen LogP contribution >= 0.6 is 0 Å². The van der Waals surface area contributed by atoms with Crippen LogP contribution < -0.4 is 20.4 Å². The number of ether oxygens (including phenoxy) is 1. The summed E-state index contributed by atoms with van der Waals surface area (Å²) in [5, 5.41) is 3.36. The molecule has 0 saturated carbocycles. The van der Waals surface area contributed by atoms with E-state index in [1.165, 1.54) is 0 Å². The number of amides is 4. The molecule has 1 aliphatic rings. The summed E-state index contributed by atoms with van der Waals surface area (Å²) in [5.74, 6) is -0.485. The average Bonchev–Trinajstić information content (AvgIpc) is 2.92. The van der Waals surface area contributed by atoms with E-state index in [1.807, 2.05) is 25.1 Å². The monoisotopic (exact) mass is 382 g/mol. The molecule has 0 aliphatic carbocycles. The van der Waals surface area contributed by atoms with Crippen molar-refractivity contribution in [3.05, 3.63) is 59.7 Å². The van der Waals surface area contributed by atoms with Gasteiger partial charge in [0.1, 0.15) is 11.3 Å². The smallest absolute Gasteiger partial charge is 0.344 e. The quantitative estimate of drug-likeness (QED) is 0.771. The van der Waals surface area contributed by atoms with Gasteiger partial charge in [0.15, 0.2) is 0 Å². The number of anilines is 1. The molecule has 3 rings (SSSR count). The molecule has 0 spiro atoms. The Bertz CT molecular complexity index is 926. The number of urea groups is 1. The van der Waals surface area contributed by atoms with Crippen LogP contribution in [0.15, 0.2) is 48.5 Å². The molecule has 1 atom stereocenters. The van der Waals surface area contributed by atoms with Gasteiger partial charge in [0, 0.05) is 25.3 Å². The minimum atomic E-state index is -1.29. The van der Waals surface area contributed by atoms with Crippen molar-refractivity contribution in [1.29, 1.82) is 0 Å². The van der Waals surface area contributed by atoms with Crippen LogP contribution in [0.4, 0.5) is 10.5 Å². The van der Waals surface area contributed by atoms with E-state index in [0.717, 1.165) is 10.7 Å². The van der Waals surface area contributed by atoms with Crippen molar-refractivity contribution in [1.82, 2.24) is 15.8 Å². The van der Waals surface area contributed by atoms with Crippen LogP contribution in [0.3, 0.4) is 0 Å². The molecule has 0 bridgehead atoms. The van der Waals surface area contributed by atoms with Crippen LogP contribution in [0.5, 0.6) is 5.75 Å². The zero-order valence-corrected chi connectivity index (χ0v) is 16.1. The molecule has 0 radical (unpaired) electrons. The van der Waals surface area contributed by atoms with Crippen LogP contribution in [0.2, 0.25) is 0 Å². The Morgan fingerprint density at radius 1 is 1.14 bits per heavy atom. The van der Waals surface area contributed by atoms with Crippen molar-refractivity contribution < 1.29 is 19.1 Å². The molecule has 4 amide bonds. The van der Waals surface area contributed by atoms with Gasteiger partial charge in [-0.1, -0.05) is 18.2 Å². The first-order valence-corrected chi connectivity index (χ1v) is 8.66. The van der Waals surface area contributed by atoms with Gasteiger partial charge in [-0.05, 0) is 42.8 Å². The summed E-state index contributed by atoms with van der Waals surface area (Å²) in [7, 11) is 5.26. The highest BCUT2D eigenvalue weighted by Gasteiger charge is 2.50. The van der Waals surface area contributed by atoms with E-state index in [1.54, 1.807) is 56.5 Å². The molecule has 8 heteroatoms. The number of benzene rings is 2. The van der Waals surface area contributed by atoms with Gasteiger partial charge in [0.2, 0.25) is 0 Å². The predicted molar refractivity (Wildman–Crippen MR) is 104 cm³/mol. The van der Waals surface area contributed by atoms with Crippen molar-refractivity contribution in [2.75, 3.05) is 26.1 Å². The highest BCUT2D eigenvalue weighted by molar-refractivity contribution is 6.09. The van der Waals surface area contributed by atoms with E-state index in [0.29, 0.717) is 16.9 Å². The van der Waals surface area contributed by atoms with E-state index >= 15 is 0 Å². The fourth-order valence-corrected chi connectivity index (χ4v) is 2.95. The minimum absolute atomic E-state index is 0.338. The third-order valence-electron chi connectivity index (χ3n) is 4.70. The van der Waals surface area contributed by atoms with Crippen molar-refractivity contribution in [2.45, 2.75) is 12.5 Å². The number of carbonyl (C=O) groups excluding carboxylic acids is 3. The van der Waals surface area contributed by atoms with Crippen molar-refractivity contribution in [3.8, 4) is 5.75 Å². The zero-order chi connectivity index (χ0) is 20.5. The summed E-state index contributed by atoms with van der Waals surface area (Å²) in [6.07, 6.45) is 0. The number of imide groups is 1. The molecule has 2 aromatic carbocycles. The molecule has 0 aromatic heterocycles. The summed E-state index contributed by atoms with van der Waals surface area (Å²) in [5.41, 5.74) is 2.85. The summed E-state index contributed by atoms with van der Waals surface area (Å²) in [4.78, 5) is 39.7. The Morgan fingerprint density at radius 3 is 2.43 bits per heavy atom. The number of carbonyl (C=O) groups is 3. The van der Waals surface area contributed by atoms with E-state index < -0.39 is 23.4 Å². The van der Waals surface area contributed by atoms with E-state index in [4.69, 9.17) is 4.74 Å². The lowest BCUT2D eigenvalue weighted by atomic mass is 9.92. The topological polar surface area (TPSA) is 91.0 Å². The molecule has 1 fully saturated rings. The number of methoxy groups -OCH3 is 1. The predicted octanol–water partition coefficient (Wildman–Crippen LogP) is 1.87. The lowest BCUT2D eigenvalue weighted by Gasteiger charge is -2.22. The third kappa shape index (κ3) is 3.36. The molecule has 146 valence electrons. The Labute approximate surface area is 163 Å². The van der Waals surface area contributed by atoms with Crippen LogP contribution in [0.1, 0.15) is 22.8 Å². The van der Waals surface area contributed by atoms with Crippen molar-refractivity contribution in [3.63, 3.8) is 0 Å². The van der Waals surface area contributed by atoms with Gasteiger partial charge >= 0.3 is 6.03 Å². The third-order valence-corrected chi connectivity index (χ3v) is 4.70. The first kappa shape index (κ1) is 19.2. The van der Waals surface area contributed by atoms with Crippen LogP contribution in [0.25, 0.3) is 0 Å². The number of rotatable bonds is 5. The Hall–Kier alpha value is -3.55. The maximum atomic E-state index is 12.9. The molecular formula is C20H22N4O4. The molecule has 1 saturated heterocycles. The van der Waals surface area contributed by atoms with Crippen LogP contribution in [-0.2, 0) is 10.3 Å². The second-order valence-corrected chi connectivity index (χ2v) is 6.81. The zero-order valence-electron chi connectivity index (χ0n) is 16.1. The largest absolute Gasteiger partial charge is 0.497 e. The normalized spacial score (nSPS) is 18.6. The fraction of sp³-hybridized carbons (Fsp3) is 0.250. The Morgan fingerprint density at radius 2 is 1.82 bits per heavy atom. The van der Waals surface area contributed by atoms with E-state index in [-0.39, 0.29) is 0 Å². The molecule has 1 aliphatic heterocycles. The highest BCUT2D eigenvalue weighted by atomic mass is 16.5. The minimum Gasteiger partial charge on any atom is -0.497 e. The second kappa shape index (κ2) is 7.22.